The summed E-state index contributed by atoms with van der Waals surface area (Å²) >= 11 is 0. The van der Waals surface area contributed by atoms with Gasteiger partial charge in [-0.15, -0.1) is 5.10 Å². The summed E-state index contributed by atoms with van der Waals surface area (Å²) < 4.78 is 61.0. The van der Waals surface area contributed by atoms with E-state index in [2.05, 4.69) is 15.3 Å². The molecule has 35 heavy (non-hydrogen) atoms. The minimum Gasteiger partial charge on any atom is -0.483 e. The SMILES string of the molecule is CN(C)C1CCC(NC(=O)c2cc(F)c(-n3nc4n(c3=O)CCCC4)cc2OCC(F)(F)F)CC1. The zero-order valence-corrected chi connectivity index (χ0v) is 19.7. The molecule has 1 saturated carbocycles. The third-order valence-electron chi connectivity index (χ3n) is 6.65. The Bertz CT molecular complexity index is 1130. The highest BCUT2D eigenvalue weighted by Gasteiger charge is 2.31. The summed E-state index contributed by atoms with van der Waals surface area (Å²) in [5, 5.41) is 6.96. The molecule has 1 aromatic heterocycles. The molecule has 1 aromatic carbocycles. The van der Waals surface area contributed by atoms with Crippen LogP contribution in [0.2, 0.25) is 0 Å². The Morgan fingerprint density at radius 2 is 1.91 bits per heavy atom. The van der Waals surface area contributed by atoms with Gasteiger partial charge < -0.3 is 15.0 Å². The third kappa shape index (κ3) is 5.68. The van der Waals surface area contributed by atoms with Crippen LogP contribution in [0.15, 0.2) is 16.9 Å². The van der Waals surface area contributed by atoms with Crippen molar-refractivity contribution >= 4 is 5.91 Å². The van der Waals surface area contributed by atoms with Crippen LogP contribution in [0.5, 0.6) is 5.75 Å². The Morgan fingerprint density at radius 3 is 2.54 bits per heavy atom. The monoisotopic (exact) mass is 499 g/mol. The number of aromatic nitrogens is 3. The number of nitrogens with one attached hydrogen (secondary N) is 1. The summed E-state index contributed by atoms with van der Waals surface area (Å²) in [6.07, 6.45) is 0.584. The molecular weight excluding hydrogens is 470 g/mol. The van der Waals surface area contributed by atoms with Gasteiger partial charge in [0.2, 0.25) is 0 Å². The summed E-state index contributed by atoms with van der Waals surface area (Å²) in [5.74, 6) is -1.66. The number of hydrogen-bond acceptors (Lipinski definition) is 5. The molecule has 2 heterocycles. The highest BCUT2D eigenvalue weighted by molar-refractivity contribution is 5.97. The maximum Gasteiger partial charge on any atom is 0.422 e. The molecule has 8 nitrogen and oxygen atoms in total. The second kappa shape index (κ2) is 10.00. The molecule has 192 valence electrons. The fourth-order valence-corrected chi connectivity index (χ4v) is 4.72. The summed E-state index contributed by atoms with van der Waals surface area (Å²) in [4.78, 5) is 27.8. The van der Waals surface area contributed by atoms with Crippen molar-refractivity contribution in [1.82, 2.24) is 24.6 Å². The van der Waals surface area contributed by atoms with Crippen molar-refractivity contribution in [3.8, 4) is 11.4 Å². The highest BCUT2D eigenvalue weighted by atomic mass is 19.4. The summed E-state index contributed by atoms with van der Waals surface area (Å²) in [6.45, 7) is -1.23. The zero-order chi connectivity index (χ0) is 25.3. The number of ether oxygens (including phenoxy) is 1. The molecule has 1 aliphatic heterocycles. The van der Waals surface area contributed by atoms with Crippen LogP contribution in [-0.4, -0.2) is 64.1 Å². The third-order valence-corrected chi connectivity index (χ3v) is 6.65. The average Bonchev–Trinajstić information content (AvgIpc) is 3.14. The minimum atomic E-state index is -4.67. The number of benzene rings is 1. The van der Waals surface area contributed by atoms with Crippen molar-refractivity contribution in [3.05, 3.63) is 39.8 Å². The second-order valence-electron chi connectivity index (χ2n) is 9.37. The lowest BCUT2D eigenvalue weighted by atomic mass is 9.90. The molecule has 1 amide bonds. The fraction of sp³-hybridized carbons (Fsp3) is 0.609. The number of aryl methyl sites for hydroxylation is 1. The van der Waals surface area contributed by atoms with Crippen LogP contribution in [-0.2, 0) is 13.0 Å². The van der Waals surface area contributed by atoms with Gasteiger partial charge in [0.25, 0.3) is 5.91 Å². The molecule has 0 bridgehead atoms. The lowest BCUT2D eigenvalue weighted by molar-refractivity contribution is -0.153. The molecule has 4 rings (SSSR count). The normalized spacial score (nSPS) is 20.5. The van der Waals surface area contributed by atoms with E-state index < -0.39 is 35.9 Å². The van der Waals surface area contributed by atoms with Crippen LogP contribution in [0.1, 0.15) is 54.7 Å². The smallest absolute Gasteiger partial charge is 0.422 e. The topological polar surface area (TPSA) is 81.4 Å². The molecule has 0 radical (unpaired) electrons. The minimum absolute atomic E-state index is 0.181. The standard InChI is InChI=1S/C23H29F4N5O3/c1-30(2)15-8-6-14(7-9-15)28-21(33)16-11-17(24)18(12-19(16)35-13-23(25,26)27)32-22(34)31-10-4-3-5-20(31)29-32/h11-12,14-15H,3-10,13H2,1-2H3,(H,28,33). The first-order chi connectivity index (χ1) is 16.5. The molecule has 1 fully saturated rings. The maximum atomic E-state index is 15.1. The predicted octanol–water partition coefficient (Wildman–Crippen LogP) is 3.05. The van der Waals surface area contributed by atoms with Crippen molar-refractivity contribution in [2.75, 3.05) is 20.7 Å². The molecule has 0 atom stereocenters. The quantitative estimate of drug-likeness (QED) is 0.618. The zero-order valence-electron chi connectivity index (χ0n) is 19.7. The van der Waals surface area contributed by atoms with Crippen LogP contribution in [0.25, 0.3) is 5.69 Å². The molecule has 2 aromatic rings. The predicted molar refractivity (Wildman–Crippen MR) is 119 cm³/mol. The van der Waals surface area contributed by atoms with Crippen LogP contribution in [0.4, 0.5) is 17.6 Å². The first kappa shape index (κ1) is 25.2. The van der Waals surface area contributed by atoms with Crippen molar-refractivity contribution in [2.24, 2.45) is 0 Å². The summed E-state index contributed by atoms with van der Waals surface area (Å²) in [7, 11) is 3.97. The number of hydrogen-bond donors (Lipinski definition) is 1. The Balaban J connectivity index is 1.63. The van der Waals surface area contributed by atoms with Gasteiger partial charge in [-0.2, -0.15) is 17.9 Å². The number of fused-ring (bicyclic) bond motifs is 1. The Labute approximate surface area is 199 Å². The van der Waals surface area contributed by atoms with Gasteiger partial charge in [0.15, 0.2) is 6.61 Å². The number of carbonyl (C=O) groups is 1. The van der Waals surface area contributed by atoms with E-state index >= 15 is 4.39 Å². The van der Waals surface area contributed by atoms with Gasteiger partial charge in [-0.25, -0.2) is 9.18 Å². The number of nitrogens with zero attached hydrogens (tertiary/aromatic N) is 4. The van der Waals surface area contributed by atoms with Crippen LogP contribution >= 0.6 is 0 Å². The van der Waals surface area contributed by atoms with Gasteiger partial charge in [0, 0.05) is 31.1 Å². The second-order valence-corrected chi connectivity index (χ2v) is 9.37. The molecule has 1 N–H and O–H groups in total. The highest BCUT2D eigenvalue weighted by Crippen LogP contribution is 2.29. The van der Waals surface area contributed by atoms with Crippen molar-refractivity contribution in [1.29, 1.82) is 0 Å². The number of halogens is 4. The molecule has 2 aliphatic rings. The maximum absolute atomic E-state index is 15.1. The van der Waals surface area contributed by atoms with E-state index in [4.69, 9.17) is 4.74 Å². The first-order valence-electron chi connectivity index (χ1n) is 11.7. The van der Waals surface area contributed by atoms with E-state index in [1.54, 1.807) is 0 Å². The van der Waals surface area contributed by atoms with Crippen LogP contribution < -0.4 is 15.7 Å². The molecule has 12 heteroatoms. The fourth-order valence-electron chi connectivity index (χ4n) is 4.72. The van der Waals surface area contributed by atoms with E-state index in [0.717, 1.165) is 42.5 Å². The number of carbonyl (C=O) groups excluding carboxylic acids is 1. The van der Waals surface area contributed by atoms with Crippen molar-refractivity contribution < 1.29 is 27.1 Å². The lowest BCUT2D eigenvalue weighted by Gasteiger charge is -2.33. The molecule has 0 unspecified atom stereocenters. The Kier molecular flexibility index (Phi) is 7.20. The molecule has 0 saturated heterocycles. The Hall–Kier alpha value is -2.89. The Morgan fingerprint density at radius 1 is 1.20 bits per heavy atom. The van der Waals surface area contributed by atoms with Gasteiger partial charge in [-0.1, -0.05) is 0 Å². The molecular formula is C23H29F4N5O3. The van der Waals surface area contributed by atoms with Gasteiger partial charge in [0.1, 0.15) is 23.1 Å². The van der Waals surface area contributed by atoms with Crippen LogP contribution in [0, 0.1) is 5.82 Å². The van der Waals surface area contributed by atoms with E-state index in [9.17, 15) is 22.8 Å². The van der Waals surface area contributed by atoms with E-state index in [-0.39, 0.29) is 17.3 Å². The van der Waals surface area contributed by atoms with E-state index in [1.165, 1.54) is 4.57 Å². The van der Waals surface area contributed by atoms with E-state index in [0.29, 0.717) is 37.7 Å². The first-order valence-corrected chi connectivity index (χ1v) is 11.7. The summed E-state index contributed by atoms with van der Waals surface area (Å²) in [5.41, 5.74) is -1.31. The van der Waals surface area contributed by atoms with Gasteiger partial charge in [0.05, 0.1) is 5.56 Å². The number of alkyl halides is 3. The van der Waals surface area contributed by atoms with Gasteiger partial charge in [-0.05, 0) is 58.7 Å². The van der Waals surface area contributed by atoms with Gasteiger partial charge >= 0.3 is 11.9 Å². The van der Waals surface area contributed by atoms with Gasteiger partial charge in [-0.3, -0.25) is 9.36 Å². The van der Waals surface area contributed by atoms with Crippen molar-refractivity contribution in [3.63, 3.8) is 0 Å². The summed E-state index contributed by atoms with van der Waals surface area (Å²) in [6, 6.07) is 1.97. The largest absolute Gasteiger partial charge is 0.483 e. The lowest BCUT2D eigenvalue weighted by Crippen LogP contribution is -2.42. The molecule has 0 spiro atoms. The number of rotatable bonds is 6. The number of amides is 1. The molecule has 1 aliphatic carbocycles. The average molecular weight is 500 g/mol. The van der Waals surface area contributed by atoms with E-state index in [1.807, 2.05) is 14.1 Å². The van der Waals surface area contributed by atoms with Crippen LogP contribution in [0.3, 0.4) is 0 Å². The van der Waals surface area contributed by atoms with Crippen molar-refractivity contribution in [2.45, 2.75) is 69.8 Å².